The normalized spacial score (nSPS) is 23.8. The first kappa shape index (κ1) is 12.5. The number of nitriles is 1. The molecular formula is C16H19FN2. The van der Waals surface area contributed by atoms with Crippen molar-refractivity contribution in [1.29, 1.82) is 5.26 Å². The molecule has 1 aliphatic heterocycles. The summed E-state index contributed by atoms with van der Waals surface area (Å²) in [5.74, 6) is 0.387. The van der Waals surface area contributed by atoms with Crippen LogP contribution in [0.2, 0.25) is 0 Å². The van der Waals surface area contributed by atoms with Crippen LogP contribution in [0.3, 0.4) is 0 Å². The van der Waals surface area contributed by atoms with Gasteiger partial charge in [0.1, 0.15) is 11.9 Å². The minimum Gasteiger partial charge on any atom is -0.368 e. The zero-order valence-electron chi connectivity index (χ0n) is 11.1. The number of halogens is 1. The first-order valence-electron chi connectivity index (χ1n) is 7.26. The maximum atomic E-state index is 13.8. The van der Waals surface area contributed by atoms with Gasteiger partial charge in [-0.15, -0.1) is 0 Å². The molecule has 0 spiro atoms. The molecule has 0 bridgehead atoms. The van der Waals surface area contributed by atoms with E-state index in [1.807, 2.05) is 12.1 Å². The molecule has 2 aliphatic rings. The van der Waals surface area contributed by atoms with Crippen LogP contribution in [-0.4, -0.2) is 12.6 Å². The summed E-state index contributed by atoms with van der Waals surface area (Å²) >= 11 is 0. The molecule has 0 radical (unpaired) electrons. The molecule has 0 aromatic heterocycles. The molecule has 3 rings (SSSR count). The van der Waals surface area contributed by atoms with Gasteiger partial charge in [0.25, 0.3) is 0 Å². The first-order valence-corrected chi connectivity index (χ1v) is 7.26. The Balaban J connectivity index is 1.84. The highest BCUT2D eigenvalue weighted by atomic mass is 19.1. The first-order chi connectivity index (χ1) is 9.29. The fraction of sp³-hybridized carbons (Fsp3) is 0.562. The summed E-state index contributed by atoms with van der Waals surface area (Å²) in [6.45, 7) is 1.02. The standard InChI is InChI=1S/C16H19FN2/c17-15-10-14(8-7-13(15)11-18)19-9-3-6-16(19)12-4-1-2-5-12/h7-8,10,12,16H,1-6,9H2. The number of rotatable bonds is 2. The van der Waals surface area contributed by atoms with Crippen LogP contribution < -0.4 is 4.90 Å². The summed E-state index contributed by atoms with van der Waals surface area (Å²) in [6.07, 6.45) is 7.75. The zero-order valence-corrected chi connectivity index (χ0v) is 11.1. The number of hydrogen-bond acceptors (Lipinski definition) is 2. The van der Waals surface area contributed by atoms with Crippen LogP contribution >= 0.6 is 0 Å². The van der Waals surface area contributed by atoms with E-state index in [9.17, 15) is 4.39 Å². The molecule has 2 fully saturated rings. The second kappa shape index (κ2) is 5.21. The van der Waals surface area contributed by atoms with Gasteiger partial charge in [-0.2, -0.15) is 5.26 Å². The zero-order chi connectivity index (χ0) is 13.2. The summed E-state index contributed by atoms with van der Waals surface area (Å²) in [5, 5.41) is 8.80. The summed E-state index contributed by atoms with van der Waals surface area (Å²) in [4.78, 5) is 2.36. The van der Waals surface area contributed by atoms with E-state index in [4.69, 9.17) is 5.26 Å². The van der Waals surface area contributed by atoms with Gasteiger partial charge in [-0.05, 0) is 49.8 Å². The Morgan fingerprint density at radius 2 is 1.95 bits per heavy atom. The lowest BCUT2D eigenvalue weighted by Gasteiger charge is -2.31. The van der Waals surface area contributed by atoms with Crippen LogP contribution in [0.15, 0.2) is 18.2 Å². The summed E-state index contributed by atoms with van der Waals surface area (Å²) in [7, 11) is 0. The minimum atomic E-state index is -0.392. The molecule has 2 nitrogen and oxygen atoms in total. The van der Waals surface area contributed by atoms with E-state index in [1.165, 1.54) is 44.6 Å². The summed E-state index contributed by atoms with van der Waals surface area (Å²) in [6, 6.07) is 7.50. The Hall–Kier alpha value is -1.56. The van der Waals surface area contributed by atoms with Crippen molar-refractivity contribution >= 4 is 5.69 Å². The van der Waals surface area contributed by atoms with Crippen molar-refractivity contribution in [3.8, 4) is 6.07 Å². The van der Waals surface area contributed by atoms with Crippen molar-refractivity contribution < 1.29 is 4.39 Å². The van der Waals surface area contributed by atoms with Crippen LogP contribution in [0.25, 0.3) is 0 Å². The molecule has 1 aromatic rings. The van der Waals surface area contributed by atoms with Crippen LogP contribution in [0.1, 0.15) is 44.1 Å². The van der Waals surface area contributed by atoms with Crippen molar-refractivity contribution in [3.05, 3.63) is 29.6 Å². The molecule has 1 heterocycles. The van der Waals surface area contributed by atoms with Crippen LogP contribution in [-0.2, 0) is 0 Å². The fourth-order valence-electron chi connectivity index (χ4n) is 3.72. The molecule has 100 valence electrons. The molecule has 1 unspecified atom stereocenters. The Bertz CT molecular complexity index is 500. The number of hydrogen-bond donors (Lipinski definition) is 0. The van der Waals surface area contributed by atoms with Gasteiger partial charge in [-0.25, -0.2) is 4.39 Å². The highest BCUT2D eigenvalue weighted by Crippen LogP contribution is 2.37. The summed E-state index contributed by atoms with van der Waals surface area (Å²) < 4.78 is 13.8. The van der Waals surface area contributed by atoms with E-state index in [1.54, 1.807) is 6.07 Å². The van der Waals surface area contributed by atoms with Gasteiger partial charge in [0.05, 0.1) is 5.56 Å². The third-order valence-electron chi connectivity index (χ3n) is 4.65. The Morgan fingerprint density at radius 1 is 1.16 bits per heavy atom. The minimum absolute atomic E-state index is 0.139. The predicted molar refractivity (Wildman–Crippen MR) is 73.4 cm³/mol. The van der Waals surface area contributed by atoms with Crippen LogP contribution in [0, 0.1) is 23.1 Å². The van der Waals surface area contributed by atoms with Crippen molar-refractivity contribution in [2.24, 2.45) is 5.92 Å². The molecule has 1 aliphatic carbocycles. The Kier molecular flexibility index (Phi) is 3.42. The molecule has 0 amide bonds. The summed E-state index contributed by atoms with van der Waals surface area (Å²) in [5.41, 5.74) is 1.09. The van der Waals surface area contributed by atoms with Gasteiger partial charge in [0.2, 0.25) is 0 Å². The maximum absolute atomic E-state index is 13.8. The number of anilines is 1. The SMILES string of the molecule is N#Cc1ccc(N2CCCC2C2CCCC2)cc1F. The van der Waals surface area contributed by atoms with E-state index in [0.29, 0.717) is 6.04 Å². The number of benzene rings is 1. The van der Waals surface area contributed by atoms with Crippen LogP contribution in [0.5, 0.6) is 0 Å². The Morgan fingerprint density at radius 3 is 2.63 bits per heavy atom. The van der Waals surface area contributed by atoms with Crippen molar-refractivity contribution in [3.63, 3.8) is 0 Å². The molecule has 19 heavy (non-hydrogen) atoms. The highest BCUT2D eigenvalue weighted by molar-refractivity contribution is 5.52. The van der Waals surface area contributed by atoms with Crippen molar-refractivity contribution in [1.82, 2.24) is 0 Å². The Labute approximate surface area is 113 Å². The quantitative estimate of drug-likeness (QED) is 0.805. The fourth-order valence-corrected chi connectivity index (χ4v) is 3.72. The van der Waals surface area contributed by atoms with Gasteiger partial charge < -0.3 is 4.90 Å². The van der Waals surface area contributed by atoms with Gasteiger partial charge in [0.15, 0.2) is 0 Å². The number of nitrogens with zero attached hydrogens (tertiary/aromatic N) is 2. The van der Waals surface area contributed by atoms with E-state index in [-0.39, 0.29) is 5.56 Å². The van der Waals surface area contributed by atoms with E-state index < -0.39 is 5.82 Å². The molecular weight excluding hydrogens is 239 g/mol. The lowest BCUT2D eigenvalue weighted by atomic mass is 9.95. The monoisotopic (exact) mass is 258 g/mol. The third-order valence-corrected chi connectivity index (χ3v) is 4.65. The average Bonchev–Trinajstić information content (AvgIpc) is 3.09. The van der Waals surface area contributed by atoms with Gasteiger partial charge >= 0.3 is 0 Å². The van der Waals surface area contributed by atoms with Gasteiger partial charge in [0, 0.05) is 18.3 Å². The molecule has 1 aromatic carbocycles. The van der Waals surface area contributed by atoms with E-state index >= 15 is 0 Å². The smallest absolute Gasteiger partial charge is 0.143 e. The lowest BCUT2D eigenvalue weighted by Crippen LogP contribution is -2.34. The average molecular weight is 258 g/mol. The van der Waals surface area contributed by atoms with E-state index in [2.05, 4.69) is 4.90 Å². The highest BCUT2D eigenvalue weighted by Gasteiger charge is 2.33. The molecule has 1 saturated carbocycles. The maximum Gasteiger partial charge on any atom is 0.143 e. The topological polar surface area (TPSA) is 27.0 Å². The molecule has 3 heteroatoms. The molecule has 1 atom stereocenters. The van der Waals surface area contributed by atoms with Gasteiger partial charge in [-0.1, -0.05) is 12.8 Å². The largest absolute Gasteiger partial charge is 0.368 e. The van der Waals surface area contributed by atoms with Gasteiger partial charge in [-0.3, -0.25) is 0 Å². The molecule has 0 N–H and O–H groups in total. The predicted octanol–water partition coefficient (Wildman–Crippen LogP) is 3.86. The van der Waals surface area contributed by atoms with E-state index in [0.717, 1.165) is 18.2 Å². The molecule has 1 saturated heterocycles. The third kappa shape index (κ3) is 2.32. The van der Waals surface area contributed by atoms with Crippen molar-refractivity contribution in [2.75, 3.05) is 11.4 Å². The lowest BCUT2D eigenvalue weighted by molar-refractivity contribution is 0.430. The van der Waals surface area contributed by atoms with Crippen molar-refractivity contribution in [2.45, 2.75) is 44.6 Å². The second-order valence-corrected chi connectivity index (χ2v) is 5.72. The second-order valence-electron chi connectivity index (χ2n) is 5.72. The van der Waals surface area contributed by atoms with Crippen LogP contribution in [0.4, 0.5) is 10.1 Å².